The van der Waals surface area contributed by atoms with Crippen molar-refractivity contribution in [1.29, 1.82) is 0 Å². The van der Waals surface area contributed by atoms with Gasteiger partial charge in [0.25, 0.3) is 0 Å². The molecular weight excluding hydrogens is 124 g/mol. The maximum absolute atomic E-state index is 10.4. The van der Waals surface area contributed by atoms with Crippen LogP contribution < -0.4 is 0 Å². The Morgan fingerprint density at radius 2 is 1.60 bits per heavy atom. The summed E-state index contributed by atoms with van der Waals surface area (Å²) in [6.45, 7) is 3.90. The van der Waals surface area contributed by atoms with Gasteiger partial charge in [0.05, 0.1) is 0 Å². The zero-order chi connectivity index (χ0) is 7.56. The third kappa shape index (κ3) is 1.58. The molecule has 0 amide bonds. The lowest BCUT2D eigenvalue weighted by atomic mass is 10.1. The Balaban J connectivity index is 3.06. The molecule has 53 valence electrons. The lowest BCUT2D eigenvalue weighted by Crippen LogP contribution is -1.84. The van der Waals surface area contributed by atoms with Crippen molar-refractivity contribution in [3.63, 3.8) is 0 Å². The molecule has 0 heterocycles. The van der Waals surface area contributed by atoms with Gasteiger partial charge in [-0.1, -0.05) is 29.3 Å². The first-order valence-electron chi connectivity index (χ1n) is 3.37. The zero-order valence-corrected chi connectivity index (χ0v) is 6.35. The van der Waals surface area contributed by atoms with Gasteiger partial charge in [0, 0.05) is 0 Å². The summed E-state index contributed by atoms with van der Waals surface area (Å²) in [6, 6.07) is 5.93. The van der Waals surface area contributed by atoms with E-state index >= 15 is 0 Å². The molecule has 1 heteroatoms. The molecule has 0 unspecified atom stereocenters. The van der Waals surface area contributed by atoms with Crippen LogP contribution in [0.25, 0.3) is 0 Å². The second-order valence-electron chi connectivity index (χ2n) is 2.64. The van der Waals surface area contributed by atoms with Crippen molar-refractivity contribution in [1.82, 2.24) is 0 Å². The number of aryl methyl sites for hydroxylation is 2. The van der Waals surface area contributed by atoms with Gasteiger partial charge in [0.1, 0.15) is 6.61 Å². The molecule has 0 aliphatic carbocycles. The Labute approximate surface area is 61.3 Å². The predicted octanol–water partition coefficient (Wildman–Crippen LogP) is 2.23. The SMILES string of the molecule is Cc1cc(C)cc(C[O])c1. The highest BCUT2D eigenvalue weighted by molar-refractivity contribution is 5.27. The van der Waals surface area contributed by atoms with Gasteiger partial charge in [0.2, 0.25) is 0 Å². The van der Waals surface area contributed by atoms with Gasteiger partial charge in [-0.15, -0.1) is 0 Å². The second kappa shape index (κ2) is 2.84. The minimum absolute atomic E-state index is 0.109. The van der Waals surface area contributed by atoms with E-state index in [9.17, 15) is 5.11 Å². The number of benzene rings is 1. The molecule has 1 aromatic carbocycles. The normalized spacial score (nSPS) is 9.90. The van der Waals surface area contributed by atoms with Crippen LogP contribution in [0.15, 0.2) is 18.2 Å². The topological polar surface area (TPSA) is 19.9 Å². The highest BCUT2D eigenvalue weighted by atomic mass is 16.3. The second-order valence-corrected chi connectivity index (χ2v) is 2.64. The molecular formula is C9H11O. The van der Waals surface area contributed by atoms with Gasteiger partial charge in [0.15, 0.2) is 0 Å². The van der Waals surface area contributed by atoms with Crippen molar-refractivity contribution in [2.75, 3.05) is 0 Å². The molecule has 0 saturated heterocycles. The van der Waals surface area contributed by atoms with E-state index in [1.165, 1.54) is 11.1 Å². The maximum Gasteiger partial charge on any atom is 0.107 e. The van der Waals surface area contributed by atoms with E-state index in [0.717, 1.165) is 5.56 Å². The van der Waals surface area contributed by atoms with Gasteiger partial charge in [-0.3, -0.25) is 0 Å². The van der Waals surface area contributed by atoms with Crippen LogP contribution in [-0.4, -0.2) is 0 Å². The van der Waals surface area contributed by atoms with E-state index < -0.39 is 0 Å². The molecule has 0 aliphatic rings. The lowest BCUT2D eigenvalue weighted by molar-refractivity contribution is 0.177. The minimum Gasteiger partial charge on any atom is -0.232 e. The summed E-state index contributed by atoms with van der Waals surface area (Å²) < 4.78 is 0. The van der Waals surface area contributed by atoms with Crippen LogP contribution in [0.4, 0.5) is 0 Å². The van der Waals surface area contributed by atoms with Crippen molar-refractivity contribution in [2.45, 2.75) is 20.5 Å². The molecule has 1 aromatic rings. The largest absolute Gasteiger partial charge is 0.232 e. The monoisotopic (exact) mass is 135 g/mol. The summed E-state index contributed by atoms with van der Waals surface area (Å²) in [4.78, 5) is 0. The zero-order valence-electron chi connectivity index (χ0n) is 6.35. The average Bonchev–Trinajstić information content (AvgIpc) is 1.85. The molecule has 0 aliphatic heterocycles. The van der Waals surface area contributed by atoms with Crippen LogP contribution in [0.1, 0.15) is 16.7 Å². The minimum atomic E-state index is -0.109. The quantitative estimate of drug-likeness (QED) is 0.562. The van der Waals surface area contributed by atoms with Gasteiger partial charge >= 0.3 is 0 Å². The molecule has 0 N–H and O–H groups in total. The molecule has 0 spiro atoms. The molecule has 0 fully saturated rings. The van der Waals surface area contributed by atoms with Crippen LogP contribution in [0.2, 0.25) is 0 Å². The first-order chi connectivity index (χ1) is 4.72. The summed E-state index contributed by atoms with van der Waals surface area (Å²) in [7, 11) is 0. The molecule has 0 saturated carbocycles. The van der Waals surface area contributed by atoms with Crippen molar-refractivity contribution in [3.8, 4) is 0 Å². The molecule has 1 rings (SSSR count). The summed E-state index contributed by atoms with van der Waals surface area (Å²) >= 11 is 0. The molecule has 10 heavy (non-hydrogen) atoms. The van der Waals surface area contributed by atoms with Crippen LogP contribution in [0, 0.1) is 13.8 Å². The Hall–Kier alpha value is -0.820. The molecule has 0 bridgehead atoms. The number of hydrogen-bond acceptors (Lipinski definition) is 0. The predicted molar refractivity (Wildman–Crippen MR) is 40.3 cm³/mol. The van der Waals surface area contributed by atoms with Crippen molar-refractivity contribution in [3.05, 3.63) is 34.9 Å². The Bertz CT molecular complexity index is 208. The fourth-order valence-electron chi connectivity index (χ4n) is 1.15. The molecule has 0 atom stereocenters. The van der Waals surface area contributed by atoms with Gasteiger partial charge in [-0.2, -0.15) is 0 Å². The highest BCUT2D eigenvalue weighted by Gasteiger charge is 1.92. The van der Waals surface area contributed by atoms with Crippen molar-refractivity contribution in [2.24, 2.45) is 0 Å². The van der Waals surface area contributed by atoms with E-state index in [1.807, 2.05) is 26.0 Å². The average molecular weight is 135 g/mol. The third-order valence-corrected chi connectivity index (χ3v) is 1.45. The van der Waals surface area contributed by atoms with E-state index in [4.69, 9.17) is 0 Å². The van der Waals surface area contributed by atoms with Crippen LogP contribution in [-0.2, 0) is 11.7 Å². The maximum atomic E-state index is 10.4. The van der Waals surface area contributed by atoms with E-state index in [0.29, 0.717) is 0 Å². The van der Waals surface area contributed by atoms with Crippen LogP contribution >= 0.6 is 0 Å². The van der Waals surface area contributed by atoms with Crippen LogP contribution in [0.3, 0.4) is 0 Å². The smallest absolute Gasteiger partial charge is 0.107 e. The third-order valence-electron chi connectivity index (χ3n) is 1.45. The van der Waals surface area contributed by atoms with Gasteiger partial charge < -0.3 is 0 Å². The lowest BCUT2D eigenvalue weighted by Gasteiger charge is -1.98. The first-order valence-corrected chi connectivity index (χ1v) is 3.37. The van der Waals surface area contributed by atoms with E-state index in [1.54, 1.807) is 0 Å². The molecule has 0 aromatic heterocycles. The fraction of sp³-hybridized carbons (Fsp3) is 0.333. The summed E-state index contributed by atoms with van der Waals surface area (Å²) in [6.07, 6.45) is 0. The number of hydrogen-bond donors (Lipinski definition) is 0. The summed E-state index contributed by atoms with van der Waals surface area (Å²) in [5.41, 5.74) is 3.23. The first kappa shape index (κ1) is 7.29. The van der Waals surface area contributed by atoms with Crippen molar-refractivity contribution >= 4 is 0 Å². The molecule has 1 nitrogen and oxygen atoms in total. The number of rotatable bonds is 1. The molecule has 1 radical (unpaired) electrons. The van der Waals surface area contributed by atoms with Crippen LogP contribution in [0.5, 0.6) is 0 Å². The fourth-order valence-corrected chi connectivity index (χ4v) is 1.15. The Kier molecular flexibility index (Phi) is 2.07. The Morgan fingerprint density at radius 1 is 1.10 bits per heavy atom. The van der Waals surface area contributed by atoms with Gasteiger partial charge in [-0.05, 0) is 19.4 Å². The summed E-state index contributed by atoms with van der Waals surface area (Å²) in [5, 5.41) is 10.4. The highest BCUT2D eigenvalue weighted by Crippen LogP contribution is 2.08. The van der Waals surface area contributed by atoms with E-state index in [-0.39, 0.29) is 6.61 Å². The van der Waals surface area contributed by atoms with Gasteiger partial charge in [-0.25, -0.2) is 5.11 Å². The summed E-state index contributed by atoms with van der Waals surface area (Å²) in [5.74, 6) is 0. The Morgan fingerprint density at radius 3 is 2.00 bits per heavy atom. The van der Waals surface area contributed by atoms with Crippen molar-refractivity contribution < 1.29 is 5.11 Å². The standard InChI is InChI=1S/C9H11O/c1-7-3-8(2)5-9(4-7)6-10/h3-5H,6H2,1-2H3. The van der Waals surface area contributed by atoms with E-state index in [2.05, 4.69) is 6.07 Å².